The number of hydrogen-bond acceptors (Lipinski definition) is 3. The lowest BCUT2D eigenvalue weighted by atomic mass is 9.82. The van der Waals surface area contributed by atoms with Gasteiger partial charge in [0.15, 0.2) is 5.78 Å². The van der Waals surface area contributed by atoms with E-state index in [1.807, 2.05) is 0 Å². The molecule has 0 saturated heterocycles. The Hall–Kier alpha value is -1.06. The summed E-state index contributed by atoms with van der Waals surface area (Å²) in [4.78, 5) is 12.7. The first-order valence-corrected chi connectivity index (χ1v) is 7.45. The quantitative estimate of drug-likeness (QED) is 0.767. The summed E-state index contributed by atoms with van der Waals surface area (Å²) in [6.07, 6.45) is 5.29. The third-order valence-electron chi connectivity index (χ3n) is 4.02. The van der Waals surface area contributed by atoms with Crippen molar-refractivity contribution in [3.05, 3.63) is 28.8 Å². The number of Topliss-reactive ketones (excluding diaryl/α,β-unsaturated/α-hetero) is 1. The normalized spacial score (nSPS) is 17.8. The maximum atomic E-state index is 12.7. The number of carbonyl (C=O) groups excluding carboxylic acids is 1. The Morgan fingerprint density at radius 2 is 1.95 bits per heavy atom. The van der Waals surface area contributed by atoms with Gasteiger partial charge in [-0.2, -0.15) is 0 Å². The van der Waals surface area contributed by atoms with Gasteiger partial charge in [0, 0.05) is 12.1 Å². The first-order chi connectivity index (χ1) is 9.67. The predicted molar refractivity (Wildman–Crippen MR) is 79.7 cm³/mol. The molecule has 20 heavy (non-hydrogen) atoms. The summed E-state index contributed by atoms with van der Waals surface area (Å²) >= 11 is 6.00. The van der Waals surface area contributed by atoms with Crippen molar-refractivity contribution < 1.29 is 14.3 Å². The Morgan fingerprint density at radius 1 is 1.25 bits per heavy atom. The minimum atomic E-state index is -0.400. The lowest BCUT2D eigenvalue weighted by Crippen LogP contribution is -2.33. The summed E-state index contributed by atoms with van der Waals surface area (Å²) in [6, 6.07) is 5.11. The summed E-state index contributed by atoms with van der Waals surface area (Å²) < 4.78 is 10.8. The van der Waals surface area contributed by atoms with E-state index in [4.69, 9.17) is 21.1 Å². The average molecular weight is 297 g/mol. The van der Waals surface area contributed by atoms with Crippen LogP contribution in [0.3, 0.4) is 0 Å². The van der Waals surface area contributed by atoms with Gasteiger partial charge in [0.05, 0.1) is 12.7 Å². The fourth-order valence-corrected chi connectivity index (χ4v) is 3.15. The highest BCUT2D eigenvalue weighted by Crippen LogP contribution is 2.32. The van der Waals surface area contributed by atoms with Crippen molar-refractivity contribution in [3.8, 4) is 5.75 Å². The molecule has 1 saturated carbocycles. The van der Waals surface area contributed by atoms with Gasteiger partial charge in [-0.3, -0.25) is 4.79 Å². The molecule has 0 radical (unpaired) electrons. The molecule has 0 bridgehead atoms. The maximum Gasteiger partial charge on any atom is 0.195 e. The molecule has 110 valence electrons. The van der Waals surface area contributed by atoms with Gasteiger partial charge in [-0.05, 0) is 37.0 Å². The van der Waals surface area contributed by atoms with E-state index in [0.29, 0.717) is 22.3 Å². The first kappa shape index (κ1) is 15.3. The zero-order chi connectivity index (χ0) is 14.5. The lowest BCUT2D eigenvalue weighted by molar-refractivity contribution is 0.0312. The average Bonchev–Trinajstić information content (AvgIpc) is 2.49. The number of benzene rings is 1. The van der Waals surface area contributed by atoms with Crippen molar-refractivity contribution in [2.75, 3.05) is 14.2 Å². The van der Waals surface area contributed by atoms with Gasteiger partial charge in [-0.15, -0.1) is 0 Å². The van der Waals surface area contributed by atoms with Crippen molar-refractivity contribution >= 4 is 17.4 Å². The first-order valence-electron chi connectivity index (χ1n) is 7.08. The second-order valence-corrected chi connectivity index (χ2v) is 5.70. The molecule has 3 nitrogen and oxygen atoms in total. The molecule has 1 aliphatic rings. The largest absolute Gasteiger partial charge is 0.496 e. The molecule has 0 amide bonds. The second kappa shape index (κ2) is 7.09. The number of ketones is 1. The maximum absolute atomic E-state index is 12.7. The number of hydrogen-bond donors (Lipinski definition) is 0. The van der Waals surface area contributed by atoms with Crippen LogP contribution < -0.4 is 4.74 Å². The highest BCUT2D eigenvalue weighted by Gasteiger charge is 2.31. The fourth-order valence-electron chi connectivity index (χ4n) is 2.98. The molecular formula is C16H21ClO3. The van der Waals surface area contributed by atoms with Gasteiger partial charge in [-0.25, -0.2) is 0 Å². The van der Waals surface area contributed by atoms with Gasteiger partial charge < -0.3 is 9.47 Å². The van der Waals surface area contributed by atoms with E-state index >= 15 is 0 Å². The van der Waals surface area contributed by atoms with Gasteiger partial charge in [0.1, 0.15) is 11.9 Å². The molecule has 1 unspecified atom stereocenters. The van der Waals surface area contributed by atoms with Crippen LogP contribution in [0, 0.1) is 5.92 Å². The van der Waals surface area contributed by atoms with Gasteiger partial charge in [-0.1, -0.05) is 30.9 Å². The zero-order valence-corrected chi connectivity index (χ0v) is 12.8. The monoisotopic (exact) mass is 296 g/mol. The van der Waals surface area contributed by atoms with E-state index in [1.54, 1.807) is 32.4 Å². The minimum absolute atomic E-state index is 0.0289. The Bertz CT molecular complexity index is 467. The Labute approximate surface area is 125 Å². The molecule has 1 aromatic carbocycles. The van der Waals surface area contributed by atoms with Crippen molar-refractivity contribution in [3.63, 3.8) is 0 Å². The smallest absolute Gasteiger partial charge is 0.195 e. The summed E-state index contributed by atoms with van der Waals surface area (Å²) in [5, 5.41) is 0.535. The van der Waals surface area contributed by atoms with E-state index in [1.165, 1.54) is 19.3 Å². The van der Waals surface area contributed by atoms with Gasteiger partial charge >= 0.3 is 0 Å². The molecule has 0 spiro atoms. The SMILES string of the molecule is COc1ccc(Cl)cc1C(=O)C(OC)C1CCCCC1. The summed E-state index contributed by atoms with van der Waals surface area (Å²) in [5.41, 5.74) is 0.512. The van der Waals surface area contributed by atoms with Crippen LogP contribution in [0.15, 0.2) is 18.2 Å². The molecule has 1 aromatic rings. The van der Waals surface area contributed by atoms with Crippen LogP contribution >= 0.6 is 11.6 Å². The number of carbonyl (C=O) groups is 1. The number of ether oxygens (including phenoxy) is 2. The summed E-state index contributed by atoms with van der Waals surface area (Å²) in [5.74, 6) is 0.820. The van der Waals surface area contributed by atoms with Gasteiger partial charge in [0.2, 0.25) is 0 Å². The van der Waals surface area contributed by atoms with Crippen LogP contribution in [0.1, 0.15) is 42.5 Å². The Balaban J connectivity index is 2.25. The molecule has 1 atom stereocenters. The predicted octanol–water partition coefficient (Wildman–Crippen LogP) is 4.13. The highest BCUT2D eigenvalue weighted by atomic mass is 35.5. The molecule has 0 heterocycles. The Morgan fingerprint density at radius 3 is 2.55 bits per heavy atom. The van der Waals surface area contributed by atoms with Crippen molar-refractivity contribution in [1.29, 1.82) is 0 Å². The topological polar surface area (TPSA) is 35.5 Å². The van der Waals surface area contributed by atoms with E-state index in [2.05, 4.69) is 0 Å². The fraction of sp³-hybridized carbons (Fsp3) is 0.562. The third-order valence-corrected chi connectivity index (χ3v) is 4.25. The van der Waals surface area contributed by atoms with E-state index in [0.717, 1.165) is 12.8 Å². The lowest BCUT2D eigenvalue weighted by Gasteiger charge is -2.28. The standard InChI is InChI=1S/C16H21ClO3/c1-19-14-9-8-12(17)10-13(14)15(18)16(20-2)11-6-4-3-5-7-11/h8-11,16H,3-7H2,1-2H3. The number of halogens is 1. The molecule has 0 aromatic heterocycles. The molecular weight excluding hydrogens is 276 g/mol. The summed E-state index contributed by atoms with van der Waals surface area (Å²) in [6.45, 7) is 0. The summed E-state index contributed by atoms with van der Waals surface area (Å²) in [7, 11) is 3.16. The third kappa shape index (κ3) is 3.33. The second-order valence-electron chi connectivity index (χ2n) is 5.26. The number of rotatable bonds is 5. The van der Waals surface area contributed by atoms with Crippen LogP contribution in [-0.2, 0) is 4.74 Å². The zero-order valence-electron chi connectivity index (χ0n) is 12.0. The highest BCUT2D eigenvalue weighted by molar-refractivity contribution is 6.31. The van der Waals surface area contributed by atoms with Crippen molar-refractivity contribution in [2.45, 2.75) is 38.2 Å². The van der Waals surface area contributed by atoms with E-state index in [-0.39, 0.29) is 5.78 Å². The van der Waals surface area contributed by atoms with Crippen molar-refractivity contribution in [2.24, 2.45) is 5.92 Å². The van der Waals surface area contributed by atoms with E-state index in [9.17, 15) is 4.79 Å². The van der Waals surface area contributed by atoms with Crippen LogP contribution in [0.2, 0.25) is 5.02 Å². The molecule has 0 N–H and O–H groups in total. The van der Waals surface area contributed by atoms with Gasteiger partial charge in [0.25, 0.3) is 0 Å². The van der Waals surface area contributed by atoms with Crippen LogP contribution in [0.25, 0.3) is 0 Å². The number of methoxy groups -OCH3 is 2. The van der Waals surface area contributed by atoms with Crippen LogP contribution in [0.5, 0.6) is 5.75 Å². The molecule has 2 rings (SSSR count). The molecule has 4 heteroatoms. The molecule has 0 aliphatic heterocycles. The van der Waals surface area contributed by atoms with Crippen LogP contribution in [-0.4, -0.2) is 26.1 Å². The minimum Gasteiger partial charge on any atom is -0.496 e. The van der Waals surface area contributed by atoms with Crippen molar-refractivity contribution in [1.82, 2.24) is 0 Å². The molecule has 1 aliphatic carbocycles. The molecule has 1 fully saturated rings. The Kier molecular flexibility index (Phi) is 5.44. The van der Waals surface area contributed by atoms with E-state index < -0.39 is 6.10 Å². The van der Waals surface area contributed by atoms with Crippen LogP contribution in [0.4, 0.5) is 0 Å².